The van der Waals surface area contributed by atoms with Gasteiger partial charge in [-0.25, -0.2) is 4.99 Å². The van der Waals surface area contributed by atoms with E-state index in [1.807, 2.05) is 12.1 Å². The lowest BCUT2D eigenvalue weighted by Gasteiger charge is -2.19. The van der Waals surface area contributed by atoms with Crippen LogP contribution in [-0.2, 0) is 11.2 Å². The summed E-state index contributed by atoms with van der Waals surface area (Å²) in [6.45, 7) is 1.46. The SMILES string of the molecule is CCC(C)Cc1cccc(C(N=C(N)N(C)C=O)c2ccc(OC(F)F)cc2)c1. The van der Waals surface area contributed by atoms with Gasteiger partial charge in [0.2, 0.25) is 6.41 Å². The maximum atomic E-state index is 12.4. The summed E-state index contributed by atoms with van der Waals surface area (Å²) < 4.78 is 29.3. The highest BCUT2D eigenvalue weighted by Crippen LogP contribution is 2.29. The summed E-state index contributed by atoms with van der Waals surface area (Å²) in [5.74, 6) is 0.671. The molecule has 1 amide bonds. The molecule has 2 rings (SSSR count). The third-order valence-corrected chi connectivity index (χ3v) is 4.75. The smallest absolute Gasteiger partial charge is 0.387 e. The summed E-state index contributed by atoms with van der Waals surface area (Å²) in [4.78, 5) is 16.7. The molecule has 29 heavy (non-hydrogen) atoms. The Hall–Kier alpha value is -2.96. The zero-order valence-corrected chi connectivity index (χ0v) is 16.9. The Morgan fingerprint density at radius 2 is 1.90 bits per heavy atom. The van der Waals surface area contributed by atoms with E-state index in [4.69, 9.17) is 5.73 Å². The molecule has 0 heterocycles. The molecule has 7 heteroatoms. The largest absolute Gasteiger partial charge is 0.435 e. The maximum absolute atomic E-state index is 12.4. The topological polar surface area (TPSA) is 67.9 Å². The first-order valence-electron chi connectivity index (χ1n) is 9.49. The van der Waals surface area contributed by atoms with Crippen LogP contribution in [0.2, 0.25) is 0 Å². The van der Waals surface area contributed by atoms with Crippen LogP contribution in [0.4, 0.5) is 8.78 Å². The quantitative estimate of drug-likeness (QED) is 0.384. The first-order valence-corrected chi connectivity index (χ1v) is 9.49. The number of hydrogen-bond acceptors (Lipinski definition) is 3. The number of ether oxygens (including phenoxy) is 1. The molecule has 2 N–H and O–H groups in total. The summed E-state index contributed by atoms with van der Waals surface area (Å²) >= 11 is 0. The average molecular weight is 403 g/mol. The highest BCUT2D eigenvalue weighted by Gasteiger charge is 2.17. The van der Waals surface area contributed by atoms with Gasteiger partial charge in [0.25, 0.3) is 0 Å². The lowest BCUT2D eigenvalue weighted by atomic mass is 9.93. The van der Waals surface area contributed by atoms with Gasteiger partial charge in [-0.05, 0) is 41.2 Å². The fraction of sp³-hybridized carbons (Fsp3) is 0.364. The van der Waals surface area contributed by atoms with Crippen molar-refractivity contribution in [2.24, 2.45) is 16.6 Å². The second kappa shape index (κ2) is 10.5. The predicted molar refractivity (Wildman–Crippen MR) is 110 cm³/mol. The van der Waals surface area contributed by atoms with Gasteiger partial charge < -0.3 is 10.5 Å². The first-order chi connectivity index (χ1) is 13.8. The number of hydrogen-bond donors (Lipinski definition) is 1. The molecular formula is C22H27F2N3O2. The van der Waals surface area contributed by atoms with E-state index in [2.05, 4.69) is 35.7 Å². The van der Waals surface area contributed by atoms with Crippen LogP contribution in [0.1, 0.15) is 43.0 Å². The Morgan fingerprint density at radius 1 is 1.21 bits per heavy atom. The number of benzene rings is 2. The number of halogens is 2. The zero-order valence-electron chi connectivity index (χ0n) is 16.9. The Kier molecular flexibility index (Phi) is 8.12. The van der Waals surface area contributed by atoms with E-state index in [1.165, 1.54) is 29.6 Å². The van der Waals surface area contributed by atoms with Crippen molar-refractivity contribution in [3.05, 3.63) is 65.2 Å². The lowest BCUT2D eigenvalue weighted by molar-refractivity contribution is -0.114. The molecule has 0 fully saturated rings. The van der Waals surface area contributed by atoms with Crippen molar-refractivity contribution in [3.63, 3.8) is 0 Å². The minimum atomic E-state index is -2.89. The number of alkyl halides is 2. The normalized spacial score (nSPS) is 13.8. The number of nitrogens with zero attached hydrogens (tertiary/aromatic N) is 2. The zero-order chi connectivity index (χ0) is 21.4. The molecule has 0 aliphatic heterocycles. The highest BCUT2D eigenvalue weighted by molar-refractivity contribution is 5.87. The molecule has 2 atom stereocenters. The van der Waals surface area contributed by atoms with E-state index >= 15 is 0 Å². The van der Waals surface area contributed by atoms with Gasteiger partial charge in [-0.1, -0.05) is 56.7 Å². The molecule has 156 valence electrons. The minimum absolute atomic E-state index is 0.0604. The Morgan fingerprint density at radius 3 is 2.48 bits per heavy atom. The number of rotatable bonds is 9. The van der Waals surface area contributed by atoms with E-state index in [0.717, 1.165) is 24.0 Å². The molecular weight excluding hydrogens is 376 g/mol. The van der Waals surface area contributed by atoms with Gasteiger partial charge in [0.15, 0.2) is 5.96 Å². The van der Waals surface area contributed by atoms with E-state index in [-0.39, 0.29) is 11.7 Å². The standard InChI is InChI=1S/C22H27F2N3O2/c1-4-15(2)12-16-6-5-7-18(13-16)20(26-22(25)27(3)14-28)17-8-10-19(11-9-17)29-21(23)24/h5-11,13-15,20-21H,4,12H2,1-3H3,(H2,25,26). The number of amides is 1. The minimum Gasteiger partial charge on any atom is -0.435 e. The molecule has 2 aromatic carbocycles. The van der Waals surface area contributed by atoms with Crippen LogP contribution in [0, 0.1) is 5.92 Å². The third-order valence-electron chi connectivity index (χ3n) is 4.75. The van der Waals surface area contributed by atoms with E-state index < -0.39 is 12.7 Å². The molecule has 0 bridgehead atoms. The van der Waals surface area contributed by atoms with Gasteiger partial charge in [-0.2, -0.15) is 8.78 Å². The molecule has 0 spiro atoms. The third kappa shape index (κ3) is 6.55. The predicted octanol–water partition coefficient (Wildman–Crippen LogP) is 4.37. The van der Waals surface area contributed by atoms with Crippen LogP contribution in [0.25, 0.3) is 0 Å². The van der Waals surface area contributed by atoms with Crippen molar-refractivity contribution < 1.29 is 18.3 Å². The average Bonchev–Trinajstić information content (AvgIpc) is 2.71. The summed E-state index contributed by atoms with van der Waals surface area (Å²) in [7, 11) is 1.52. The van der Waals surface area contributed by atoms with E-state index in [0.29, 0.717) is 12.3 Å². The van der Waals surface area contributed by atoms with Crippen LogP contribution in [0.5, 0.6) is 5.75 Å². The van der Waals surface area contributed by atoms with Crippen LogP contribution in [-0.4, -0.2) is 30.9 Å². The van der Waals surface area contributed by atoms with Crippen molar-refractivity contribution in [2.75, 3.05) is 7.05 Å². The molecule has 0 aliphatic carbocycles. The van der Waals surface area contributed by atoms with Gasteiger partial charge >= 0.3 is 6.61 Å². The summed E-state index contributed by atoms with van der Waals surface area (Å²) in [5.41, 5.74) is 8.78. The number of carbonyl (C=O) groups is 1. The Labute approximate surface area is 170 Å². The number of carbonyl (C=O) groups excluding carboxylic acids is 1. The fourth-order valence-electron chi connectivity index (χ4n) is 2.89. The summed E-state index contributed by atoms with van der Waals surface area (Å²) in [5, 5.41) is 0. The lowest BCUT2D eigenvalue weighted by Crippen LogP contribution is -2.33. The molecule has 2 unspecified atom stereocenters. The molecule has 0 aliphatic rings. The summed E-state index contributed by atoms with van der Waals surface area (Å²) in [6.07, 6.45) is 2.59. The van der Waals surface area contributed by atoms with Crippen LogP contribution >= 0.6 is 0 Å². The Balaban J connectivity index is 2.43. The monoisotopic (exact) mass is 403 g/mol. The van der Waals surface area contributed by atoms with Crippen molar-refractivity contribution in [3.8, 4) is 5.75 Å². The molecule has 0 radical (unpaired) electrons. The molecule has 0 saturated carbocycles. The molecule has 5 nitrogen and oxygen atoms in total. The Bertz CT molecular complexity index is 825. The van der Waals surface area contributed by atoms with Crippen LogP contribution in [0.15, 0.2) is 53.5 Å². The van der Waals surface area contributed by atoms with E-state index in [9.17, 15) is 13.6 Å². The van der Waals surface area contributed by atoms with Crippen LogP contribution < -0.4 is 10.5 Å². The number of nitrogens with two attached hydrogens (primary N) is 1. The highest BCUT2D eigenvalue weighted by atomic mass is 19.3. The van der Waals surface area contributed by atoms with Gasteiger partial charge in [0.05, 0.1) is 0 Å². The van der Waals surface area contributed by atoms with Crippen molar-refractivity contribution in [2.45, 2.75) is 39.3 Å². The molecule has 0 saturated heterocycles. The molecule has 2 aromatic rings. The maximum Gasteiger partial charge on any atom is 0.387 e. The van der Waals surface area contributed by atoms with Crippen LogP contribution in [0.3, 0.4) is 0 Å². The van der Waals surface area contributed by atoms with Crippen molar-refractivity contribution >= 4 is 12.4 Å². The summed E-state index contributed by atoms with van der Waals surface area (Å²) in [6, 6.07) is 13.8. The van der Waals surface area contributed by atoms with Gasteiger partial charge in [-0.15, -0.1) is 0 Å². The van der Waals surface area contributed by atoms with Gasteiger partial charge in [0, 0.05) is 7.05 Å². The molecule has 0 aromatic heterocycles. The van der Waals surface area contributed by atoms with Crippen molar-refractivity contribution in [1.29, 1.82) is 0 Å². The van der Waals surface area contributed by atoms with E-state index in [1.54, 1.807) is 12.1 Å². The fourth-order valence-corrected chi connectivity index (χ4v) is 2.89. The van der Waals surface area contributed by atoms with Gasteiger partial charge in [0.1, 0.15) is 11.8 Å². The first kappa shape index (κ1) is 22.3. The second-order valence-corrected chi connectivity index (χ2v) is 7.02. The number of guanidine groups is 1. The number of aliphatic imine (C=N–C) groups is 1. The van der Waals surface area contributed by atoms with Crippen molar-refractivity contribution in [1.82, 2.24) is 4.90 Å². The second-order valence-electron chi connectivity index (χ2n) is 7.02. The van der Waals surface area contributed by atoms with Gasteiger partial charge in [-0.3, -0.25) is 9.69 Å².